The number of carbonyl (C=O) groups excluding carboxylic acids is 1. The van der Waals surface area contributed by atoms with Crippen molar-refractivity contribution in [3.8, 4) is 10.7 Å². The number of carbonyl (C=O) groups is 1. The predicted molar refractivity (Wildman–Crippen MR) is 146 cm³/mol. The number of anilines is 1. The summed E-state index contributed by atoms with van der Waals surface area (Å²) >= 11 is 2.86. The van der Waals surface area contributed by atoms with E-state index in [9.17, 15) is 13.2 Å². The van der Waals surface area contributed by atoms with Crippen molar-refractivity contribution >= 4 is 55.2 Å². The molecule has 0 bridgehead atoms. The molecule has 1 amide bonds. The number of nitrogens with one attached hydrogen (secondary N) is 1. The van der Waals surface area contributed by atoms with Crippen LogP contribution in [0.15, 0.2) is 46.1 Å². The topological polar surface area (TPSA) is 89.6 Å². The van der Waals surface area contributed by atoms with Gasteiger partial charge >= 0.3 is 0 Å². The van der Waals surface area contributed by atoms with Gasteiger partial charge in [-0.3, -0.25) is 14.0 Å². The highest BCUT2D eigenvalue weighted by Gasteiger charge is 2.27. The molecule has 3 aromatic heterocycles. The Balaban J connectivity index is 1.43. The van der Waals surface area contributed by atoms with Gasteiger partial charge in [0.2, 0.25) is 5.91 Å². The number of aryl methyl sites for hydroxylation is 1. The van der Waals surface area contributed by atoms with Gasteiger partial charge in [0.25, 0.3) is 10.0 Å². The number of H-pyrrole nitrogens is 1. The molecule has 0 aliphatic carbocycles. The molecule has 5 rings (SSSR count). The number of amides is 1. The molecule has 190 valence electrons. The van der Waals surface area contributed by atoms with E-state index in [4.69, 9.17) is 0 Å². The smallest absolute Gasteiger partial charge is 0.273 e. The Bertz CT molecular complexity index is 1480. The Kier molecular flexibility index (Phi) is 6.90. The molecule has 0 atom stereocenters. The van der Waals surface area contributed by atoms with E-state index in [1.165, 1.54) is 15.6 Å². The van der Waals surface area contributed by atoms with Crippen LogP contribution in [-0.4, -0.2) is 66.8 Å². The summed E-state index contributed by atoms with van der Waals surface area (Å²) in [6.45, 7) is 9.85. The van der Waals surface area contributed by atoms with E-state index in [2.05, 4.69) is 20.9 Å². The Morgan fingerprint density at radius 3 is 2.64 bits per heavy atom. The summed E-state index contributed by atoms with van der Waals surface area (Å²) < 4.78 is 28.5. The van der Waals surface area contributed by atoms with Crippen LogP contribution in [0.5, 0.6) is 0 Å². The van der Waals surface area contributed by atoms with Crippen LogP contribution in [0.1, 0.15) is 24.3 Å². The number of fused-ring (bicyclic) bond motifs is 1. The van der Waals surface area contributed by atoms with Crippen LogP contribution in [0.3, 0.4) is 0 Å². The summed E-state index contributed by atoms with van der Waals surface area (Å²) in [5.74, 6) is 0.132. The van der Waals surface area contributed by atoms with Gasteiger partial charge in [0.05, 0.1) is 16.9 Å². The molecule has 1 aliphatic rings. The third kappa shape index (κ3) is 4.68. The van der Waals surface area contributed by atoms with Crippen LogP contribution < -0.4 is 4.31 Å². The third-order valence-electron chi connectivity index (χ3n) is 6.57. The van der Waals surface area contributed by atoms with E-state index >= 15 is 0 Å². The molecule has 1 N–H and O–H groups in total. The largest absolute Gasteiger partial charge is 0.351 e. The zero-order valence-corrected chi connectivity index (χ0v) is 23.0. The van der Waals surface area contributed by atoms with Crippen molar-refractivity contribution in [3.05, 3.63) is 52.3 Å². The highest BCUT2D eigenvalue weighted by atomic mass is 32.2. The van der Waals surface area contributed by atoms with E-state index in [-0.39, 0.29) is 5.91 Å². The zero-order chi connectivity index (χ0) is 25.4. The first kappa shape index (κ1) is 24.9. The lowest BCUT2D eigenvalue weighted by Gasteiger charge is -2.33. The number of piperazine rings is 1. The van der Waals surface area contributed by atoms with Gasteiger partial charge in [0.1, 0.15) is 9.22 Å². The fourth-order valence-electron chi connectivity index (χ4n) is 4.60. The lowest BCUT2D eigenvalue weighted by molar-refractivity contribution is -0.130. The molecular formula is C25H29N5O3S3. The average Bonchev–Trinajstić information content (AvgIpc) is 3.62. The van der Waals surface area contributed by atoms with E-state index < -0.39 is 10.0 Å². The van der Waals surface area contributed by atoms with Crippen molar-refractivity contribution in [2.75, 3.05) is 37.0 Å². The maximum atomic E-state index is 13.4. The maximum absolute atomic E-state index is 13.4. The van der Waals surface area contributed by atoms with Crippen molar-refractivity contribution in [3.63, 3.8) is 0 Å². The maximum Gasteiger partial charge on any atom is 0.273 e. The molecule has 0 unspecified atom stereocenters. The van der Waals surface area contributed by atoms with Crippen molar-refractivity contribution in [2.24, 2.45) is 0 Å². The first-order valence-electron chi connectivity index (χ1n) is 11.9. The van der Waals surface area contributed by atoms with Crippen LogP contribution in [0.2, 0.25) is 0 Å². The summed E-state index contributed by atoms with van der Waals surface area (Å²) in [6, 6.07) is 9.31. The fraction of sp³-hybridized carbons (Fsp3) is 0.360. The molecule has 1 aliphatic heterocycles. The standard InChI is InChI=1S/C25H29N5O3S3/c1-4-30(36(32,33)23-6-5-13-34-23)22-8-7-17(2)20-14-21(27-24(20)22)25-26-15-19(35-25)16-28-9-11-29(12-10-28)18(3)31/h5-8,13-15,27H,4,9-12,16H2,1-3H3. The lowest BCUT2D eigenvalue weighted by Crippen LogP contribution is -2.47. The summed E-state index contributed by atoms with van der Waals surface area (Å²) in [5, 5.41) is 3.64. The van der Waals surface area contributed by atoms with Crippen LogP contribution in [0.25, 0.3) is 21.6 Å². The number of rotatable bonds is 7. The van der Waals surface area contributed by atoms with Gasteiger partial charge in [-0.05, 0) is 43.0 Å². The predicted octanol–water partition coefficient (Wildman–Crippen LogP) is 4.54. The van der Waals surface area contributed by atoms with Gasteiger partial charge in [0.15, 0.2) is 0 Å². The second kappa shape index (κ2) is 9.97. The SMILES string of the molecule is CCN(c1ccc(C)c2cc(-c3ncc(CN4CCN(C(C)=O)CC4)s3)[nH]c12)S(=O)(=O)c1cccs1. The fourth-order valence-corrected chi connectivity index (χ4v) is 8.12. The number of thiazole rings is 1. The Morgan fingerprint density at radius 1 is 1.19 bits per heavy atom. The van der Waals surface area contributed by atoms with Crippen molar-refractivity contribution < 1.29 is 13.2 Å². The Hall–Kier alpha value is -2.73. The van der Waals surface area contributed by atoms with Crippen molar-refractivity contribution in [2.45, 2.75) is 31.5 Å². The van der Waals surface area contributed by atoms with Gasteiger partial charge in [0, 0.05) is 62.7 Å². The minimum absolute atomic E-state index is 0.132. The molecule has 1 aromatic carbocycles. The number of sulfonamides is 1. The van der Waals surface area contributed by atoms with Gasteiger partial charge in [-0.1, -0.05) is 12.1 Å². The quantitative estimate of drug-likeness (QED) is 0.370. The van der Waals surface area contributed by atoms with Crippen LogP contribution in [-0.2, 0) is 21.4 Å². The monoisotopic (exact) mass is 543 g/mol. The third-order valence-corrected chi connectivity index (χ3v) is 10.8. The van der Waals surface area contributed by atoms with Crippen LogP contribution in [0.4, 0.5) is 5.69 Å². The molecule has 0 radical (unpaired) electrons. The Morgan fingerprint density at radius 2 is 1.97 bits per heavy atom. The minimum atomic E-state index is -3.65. The summed E-state index contributed by atoms with van der Waals surface area (Å²) in [6.07, 6.45) is 1.91. The molecule has 11 heteroatoms. The van der Waals surface area contributed by atoms with Gasteiger partial charge in [-0.2, -0.15) is 0 Å². The van der Waals surface area contributed by atoms with E-state index in [0.29, 0.717) is 16.4 Å². The minimum Gasteiger partial charge on any atom is -0.351 e. The highest BCUT2D eigenvalue weighted by molar-refractivity contribution is 7.94. The molecule has 36 heavy (non-hydrogen) atoms. The van der Waals surface area contributed by atoms with Crippen molar-refractivity contribution in [1.29, 1.82) is 0 Å². The van der Waals surface area contributed by atoms with Gasteiger partial charge < -0.3 is 9.88 Å². The molecule has 1 saturated heterocycles. The van der Waals surface area contributed by atoms with Gasteiger partial charge in [-0.15, -0.1) is 22.7 Å². The molecular weight excluding hydrogens is 515 g/mol. The number of aromatic amines is 1. The molecule has 1 fully saturated rings. The number of hydrogen-bond donors (Lipinski definition) is 1. The van der Waals surface area contributed by atoms with Gasteiger partial charge in [-0.25, -0.2) is 13.4 Å². The second-order valence-electron chi connectivity index (χ2n) is 8.89. The van der Waals surface area contributed by atoms with E-state index in [1.807, 2.05) is 37.1 Å². The Labute approximate surface area is 219 Å². The van der Waals surface area contributed by atoms with Crippen LogP contribution in [0, 0.1) is 6.92 Å². The summed E-state index contributed by atoms with van der Waals surface area (Å²) in [7, 11) is -3.65. The number of thiophene rings is 1. The van der Waals surface area contributed by atoms with Crippen molar-refractivity contribution in [1.82, 2.24) is 19.8 Å². The number of hydrogen-bond acceptors (Lipinski definition) is 7. The molecule has 4 aromatic rings. The molecule has 0 spiro atoms. The van der Waals surface area contributed by atoms with E-state index in [1.54, 1.807) is 35.8 Å². The second-order valence-corrected chi connectivity index (χ2v) is 13.0. The molecule has 0 saturated carbocycles. The molecule has 8 nitrogen and oxygen atoms in total. The number of aromatic nitrogens is 2. The summed E-state index contributed by atoms with van der Waals surface area (Å²) in [4.78, 5) is 25.1. The lowest BCUT2D eigenvalue weighted by atomic mass is 10.1. The summed E-state index contributed by atoms with van der Waals surface area (Å²) in [5.41, 5.74) is 3.38. The average molecular weight is 544 g/mol. The highest BCUT2D eigenvalue weighted by Crippen LogP contribution is 2.37. The first-order valence-corrected chi connectivity index (χ1v) is 15.0. The van der Waals surface area contributed by atoms with E-state index in [0.717, 1.165) is 64.8 Å². The molecule has 4 heterocycles. The normalized spacial score (nSPS) is 15.0. The first-order chi connectivity index (χ1) is 17.3. The van der Waals surface area contributed by atoms with Crippen LogP contribution >= 0.6 is 22.7 Å². The zero-order valence-electron chi connectivity index (χ0n) is 20.5. The number of benzene rings is 1. The number of nitrogens with zero attached hydrogens (tertiary/aromatic N) is 4.